The van der Waals surface area contributed by atoms with Crippen molar-refractivity contribution in [3.63, 3.8) is 0 Å². The van der Waals surface area contributed by atoms with Crippen molar-refractivity contribution in [1.29, 1.82) is 0 Å². The molecule has 0 unspecified atom stereocenters. The normalized spacial score (nSPS) is 10.1. The van der Waals surface area contributed by atoms with Crippen LogP contribution in [-0.2, 0) is 0 Å². The van der Waals surface area contributed by atoms with E-state index in [1.165, 1.54) is 23.7 Å². The second kappa shape index (κ2) is 3.86. The molecule has 0 spiro atoms. The van der Waals surface area contributed by atoms with Crippen molar-refractivity contribution in [2.24, 2.45) is 0 Å². The molecule has 5 heteroatoms. The predicted molar refractivity (Wildman–Crippen MR) is 54.8 cm³/mol. The lowest BCUT2D eigenvalue weighted by Crippen LogP contribution is -2.00. The first-order valence-electron chi connectivity index (χ1n) is 3.83. The molecular formula is C9H5ClN2OS. The van der Waals surface area contributed by atoms with Gasteiger partial charge in [-0.1, -0.05) is 11.6 Å². The summed E-state index contributed by atoms with van der Waals surface area (Å²) in [5.74, 6) is -0.111. The third-order valence-corrected chi connectivity index (χ3v) is 3.01. The highest BCUT2D eigenvalue weighted by atomic mass is 35.5. The van der Waals surface area contributed by atoms with Gasteiger partial charge in [-0.3, -0.25) is 4.79 Å². The van der Waals surface area contributed by atoms with Crippen molar-refractivity contribution in [3.05, 3.63) is 45.4 Å². The van der Waals surface area contributed by atoms with E-state index in [-0.39, 0.29) is 5.78 Å². The van der Waals surface area contributed by atoms with E-state index >= 15 is 0 Å². The summed E-state index contributed by atoms with van der Waals surface area (Å²) in [7, 11) is 0. The smallest absolute Gasteiger partial charge is 0.206 e. The van der Waals surface area contributed by atoms with Gasteiger partial charge in [-0.25, -0.2) is 0 Å². The van der Waals surface area contributed by atoms with Crippen molar-refractivity contribution in [2.45, 2.75) is 0 Å². The van der Waals surface area contributed by atoms with Crippen LogP contribution in [0.15, 0.2) is 29.9 Å². The quantitative estimate of drug-likeness (QED) is 0.736. The number of halogens is 1. The Bertz CT molecular complexity index is 455. The summed E-state index contributed by atoms with van der Waals surface area (Å²) in [5, 5.41) is 9.50. The molecule has 0 radical (unpaired) electrons. The first-order chi connectivity index (χ1) is 6.79. The minimum Gasteiger partial charge on any atom is -0.288 e. The lowest BCUT2D eigenvalue weighted by atomic mass is 10.2. The van der Waals surface area contributed by atoms with E-state index in [9.17, 15) is 4.79 Å². The van der Waals surface area contributed by atoms with Crippen molar-refractivity contribution < 1.29 is 4.79 Å². The zero-order chi connectivity index (χ0) is 9.97. The largest absolute Gasteiger partial charge is 0.288 e. The zero-order valence-corrected chi connectivity index (χ0v) is 8.55. The van der Waals surface area contributed by atoms with Crippen LogP contribution in [0.25, 0.3) is 0 Å². The van der Waals surface area contributed by atoms with Gasteiger partial charge in [-0.05, 0) is 17.5 Å². The maximum atomic E-state index is 11.8. The van der Waals surface area contributed by atoms with E-state index in [4.69, 9.17) is 11.6 Å². The topological polar surface area (TPSA) is 42.9 Å². The Morgan fingerprint density at radius 1 is 1.36 bits per heavy atom. The molecule has 2 aromatic heterocycles. The molecule has 70 valence electrons. The van der Waals surface area contributed by atoms with Gasteiger partial charge in [0.2, 0.25) is 5.78 Å². The van der Waals surface area contributed by atoms with Crippen LogP contribution in [0.5, 0.6) is 0 Å². The van der Waals surface area contributed by atoms with Gasteiger partial charge < -0.3 is 0 Å². The van der Waals surface area contributed by atoms with Crippen molar-refractivity contribution >= 4 is 28.7 Å². The first-order valence-corrected chi connectivity index (χ1v) is 5.09. The van der Waals surface area contributed by atoms with E-state index in [2.05, 4.69) is 10.2 Å². The molecule has 2 rings (SSSR count). The number of ketones is 1. The molecular weight excluding hydrogens is 220 g/mol. The van der Waals surface area contributed by atoms with E-state index in [0.717, 1.165) is 0 Å². The summed E-state index contributed by atoms with van der Waals surface area (Å²) >= 11 is 7.16. The summed E-state index contributed by atoms with van der Waals surface area (Å²) in [4.78, 5) is 12.3. The summed E-state index contributed by atoms with van der Waals surface area (Å²) in [6, 6.07) is 3.32. The lowest BCUT2D eigenvalue weighted by molar-refractivity contribution is 0.104. The monoisotopic (exact) mass is 224 g/mol. The number of nitrogens with zero attached hydrogens (tertiary/aromatic N) is 2. The standard InChI is InChI=1S/C9H5ClN2OS/c10-7-2-4-14-9(7)8(13)6-1-3-11-12-5-6/h1-5H. The van der Waals surface area contributed by atoms with Gasteiger partial charge in [-0.2, -0.15) is 10.2 Å². The number of carbonyl (C=O) groups is 1. The highest BCUT2D eigenvalue weighted by molar-refractivity contribution is 7.13. The molecule has 0 aromatic carbocycles. The second-order valence-corrected chi connectivity index (χ2v) is 3.88. The Morgan fingerprint density at radius 2 is 2.21 bits per heavy atom. The molecule has 3 nitrogen and oxygen atoms in total. The van der Waals surface area contributed by atoms with E-state index in [0.29, 0.717) is 15.5 Å². The molecule has 0 atom stereocenters. The Balaban J connectivity index is 2.39. The number of carbonyl (C=O) groups excluding carboxylic acids is 1. The number of aromatic nitrogens is 2. The van der Waals surface area contributed by atoms with Gasteiger partial charge in [-0.15, -0.1) is 11.3 Å². The van der Waals surface area contributed by atoms with Gasteiger partial charge in [0, 0.05) is 5.56 Å². The Kier molecular flexibility index (Phi) is 2.56. The summed E-state index contributed by atoms with van der Waals surface area (Å²) in [6.07, 6.45) is 2.91. The second-order valence-electron chi connectivity index (χ2n) is 2.56. The van der Waals surface area contributed by atoms with Crippen LogP contribution >= 0.6 is 22.9 Å². The Morgan fingerprint density at radius 3 is 2.79 bits per heavy atom. The molecule has 14 heavy (non-hydrogen) atoms. The number of rotatable bonds is 2. The molecule has 0 aliphatic heterocycles. The van der Waals surface area contributed by atoms with Crippen LogP contribution in [-0.4, -0.2) is 16.0 Å². The highest BCUT2D eigenvalue weighted by Crippen LogP contribution is 2.24. The third-order valence-electron chi connectivity index (χ3n) is 1.67. The van der Waals surface area contributed by atoms with Crippen LogP contribution in [0.3, 0.4) is 0 Å². The first kappa shape index (κ1) is 9.30. The average molecular weight is 225 g/mol. The number of hydrogen-bond acceptors (Lipinski definition) is 4. The molecule has 2 aromatic rings. The van der Waals surface area contributed by atoms with Crippen molar-refractivity contribution in [1.82, 2.24) is 10.2 Å². The molecule has 0 N–H and O–H groups in total. The fraction of sp³-hybridized carbons (Fsp3) is 0. The van der Waals surface area contributed by atoms with Gasteiger partial charge in [0.15, 0.2) is 0 Å². The zero-order valence-electron chi connectivity index (χ0n) is 6.98. The molecule has 0 saturated heterocycles. The van der Waals surface area contributed by atoms with Crippen molar-refractivity contribution in [3.8, 4) is 0 Å². The van der Waals surface area contributed by atoms with Gasteiger partial charge in [0.1, 0.15) is 0 Å². The SMILES string of the molecule is O=C(c1ccnnc1)c1sccc1Cl. The average Bonchev–Trinajstić information content (AvgIpc) is 2.65. The molecule has 0 saturated carbocycles. The molecule has 0 amide bonds. The fourth-order valence-corrected chi connectivity index (χ4v) is 2.11. The Labute approximate surface area is 89.4 Å². The molecule has 0 fully saturated rings. The van der Waals surface area contributed by atoms with Crippen molar-refractivity contribution in [2.75, 3.05) is 0 Å². The highest BCUT2D eigenvalue weighted by Gasteiger charge is 2.13. The van der Waals surface area contributed by atoms with Crippen LogP contribution in [0.2, 0.25) is 5.02 Å². The van der Waals surface area contributed by atoms with Crippen LogP contribution in [0, 0.1) is 0 Å². The van der Waals surface area contributed by atoms with Crippen LogP contribution in [0.1, 0.15) is 15.2 Å². The third kappa shape index (κ3) is 1.66. The minimum atomic E-state index is -0.111. The maximum Gasteiger partial charge on any atom is 0.206 e. The number of thiophene rings is 1. The molecule has 0 bridgehead atoms. The minimum absolute atomic E-state index is 0.111. The van der Waals surface area contributed by atoms with Crippen LogP contribution < -0.4 is 0 Å². The molecule has 0 aliphatic carbocycles. The van der Waals surface area contributed by atoms with E-state index in [1.807, 2.05) is 0 Å². The van der Waals surface area contributed by atoms with Crippen LogP contribution in [0.4, 0.5) is 0 Å². The maximum absolute atomic E-state index is 11.8. The summed E-state index contributed by atoms with van der Waals surface area (Å²) < 4.78 is 0. The molecule has 0 aliphatic rings. The van der Waals surface area contributed by atoms with Gasteiger partial charge >= 0.3 is 0 Å². The predicted octanol–water partition coefficient (Wildman–Crippen LogP) is 2.42. The molecule has 2 heterocycles. The fourth-order valence-electron chi connectivity index (χ4n) is 1.01. The Hall–Kier alpha value is -1.26. The lowest BCUT2D eigenvalue weighted by Gasteiger charge is -1.96. The summed E-state index contributed by atoms with van der Waals surface area (Å²) in [5.41, 5.74) is 0.504. The van der Waals surface area contributed by atoms with Gasteiger partial charge in [0.05, 0.1) is 22.3 Å². The number of hydrogen-bond donors (Lipinski definition) is 0. The van der Waals surface area contributed by atoms with E-state index in [1.54, 1.807) is 17.5 Å². The summed E-state index contributed by atoms with van der Waals surface area (Å²) in [6.45, 7) is 0. The van der Waals surface area contributed by atoms with E-state index < -0.39 is 0 Å². The van der Waals surface area contributed by atoms with Gasteiger partial charge in [0.25, 0.3) is 0 Å².